The van der Waals surface area contributed by atoms with Crippen LogP contribution in [0.15, 0.2) is 12.2 Å². The Morgan fingerprint density at radius 3 is 1.33 bits per heavy atom. The van der Waals surface area contributed by atoms with Crippen LogP contribution in [0.3, 0.4) is 0 Å². The summed E-state index contributed by atoms with van der Waals surface area (Å²) in [6.45, 7) is 25.0. The summed E-state index contributed by atoms with van der Waals surface area (Å²) in [6.07, 6.45) is 0.660. The summed E-state index contributed by atoms with van der Waals surface area (Å²) in [5, 5.41) is 0. The van der Waals surface area contributed by atoms with Gasteiger partial charge in [0.25, 0.3) is 0 Å². The molecule has 24 heavy (non-hydrogen) atoms. The van der Waals surface area contributed by atoms with Crippen molar-refractivity contribution in [3.05, 3.63) is 12.2 Å². The van der Waals surface area contributed by atoms with E-state index in [0.717, 1.165) is 0 Å². The van der Waals surface area contributed by atoms with Crippen molar-refractivity contribution in [2.75, 3.05) is 0 Å². The van der Waals surface area contributed by atoms with Crippen molar-refractivity contribution in [2.45, 2.75) is 77.8 Å². The standard InChI is InChI=1S/C15H37NO4Si4/c1-12-14(13(2)15(16)17)24(18-21(3,4)5,19-22(6,7)8)20-23(9,10)11/h14H,2,12H2,1,3-11H3,(H2,16,17). The van der Waals surface area contributed by atoms with Gasteiger partial charge in [0.05, 0.1) is 5.54 Å². The predicted octanol–water partition coefficient (Wildman–Crippen LogP) is 4.30. The summed E-state index contributed by atoms with van der Waals surface area (Å²) in [6, 6.07) is 0. The molecule has 9 heteroatoms. The molecule has 0 aliphatic heterocycles. The second-order valence-electron chi connectivity index (χ2n) is 9.10. The fourth-order valence-corrected chi connectivity index (χ4v) is 17.1. The topological polar surface area (TPSA) is 70.8 Å². The second-order valence-corrected chi connectivity index (χ2v) is 26.1. The van der Waals surface area contributed by atoms with E-state index in [9.17, 15) is 4.79 Å². The Morgan fingerprint density at radius 1 is 0.875 bits per heavy atom. The third kappa shape index (κ3) is 8.36. The molecule has 0 aliphatic carbocycles. The molecule has 0 rings (SSSR count). The van der Waals surface area contributed by atoms with Crippen LogP contribution in [-0.4, -0.2) is 39.7 Å². The molecule has 0 fully saturated rings. The van der Waals surface area contributed by atoms with Gasteiger partial charge >= 0.3 is 8.80 Å². The minimum absolute atomic E-state index is 0.292. The van der Waals surface area contributed by atoms with Crippen LogP contribution in [0.5, 0.6) is 0 Å². The van der Waals surface area contributed by atoms with E-state index in [0.29, 0.717) is 12.0 Å². The van der Waals surface area contributed by atoms with Gasteiger partial charge in [-0.25, -0.2) is 0 Å². The van der Waals surface area contributed by atoms with E-state index in [4.69, 9.17) is 18.1 Å². The first kappa shape index (κ1) is 24.0. The largest absolute Gasteiger partial charge is 0.477 e. The minimum atomic E-state index is -3.17. The number of primary amides is 1. The van der Waals surface area contributed by atoms with Crippen LogP contribution in [0.2, 0.25) is 64.5 Å². The van der Waals surface area contributed by atoms with E-state index in [2.05, 4.69) is 65.5 Å². The van der Waals surface area contributed by atoms with Gasteiger partial charge in [-0.05, 0) is 65.3 Å². The number of hydrogen-bond donors (Lipinski definition) is 1. The number of hydrogen-bond acceptors (Lipinski definition) is 4. The maximum atomic E-state index is 11.9. The zero-order valence-electron chi connectivity index (χ0n) is 17.2. The fourth-order valence-electron chi connectivity index (χ4n) is 2.44. The summed E-state index contributed by atoms with van der Waals surface area (Å²) in [5.41, 5.74) is 5.62. The molecule has 0 aromatic rings. The van der Waals surface area contributed by atoms with Gasteiger partial charge in [0.15, 0.2) is 25.0 Å². The molecule has 0 aromatic carbocycles. The molecular weight excluding hydrogens is 371 g/mol. The van der Waals surface area contributed by atoms with E-state index < -0.39 is 39.7 Å². The van der Waals surface area contributed by atoms with Gasteiger partial charge in [-0.1, -0.05) is 13.5 Å². The van der Waals surface area contributed by atoms with E-state index >= 15 is 0 Å². The molecule has 0 heterocycles. The number of carbonyl (C=O) groups excluding carboxylic acids is 1. The number of carbonyl (C=O) groups is 1. The molecule has 0 radical (unpaired) electrons. The highest BCUT2D eigenvalue weighted by Gasteiger charge is 2.56. The molecule has 0 spiro atoms. The van der Waals surface area contributed by atoms with Crippen LogP contribution < -0.4 is 5.73 Å². The number of nitrogens with two attached hydrogens (primary N) is 1. The van der Waals surface area contributed by atoms with Crippen LogP contribution in [0.25, 0.3) is 0 Å². The first-order valence-corrected chi connectivity index (χ1v) is 20.5. The van der Waals surface area contributed by atoms with Crippen LogP contribution >= 0.6 is 0 Å². The number of amides is 1. The molecule has 2 N–H and O–H groups in total. The Labute approximate surface area is 152 Å². The van der Waals surface area contributed by atoms with Gasteiger partial charge in [-0.15, -0.1) is 0 Å². The van der Waals surface area contributed by atoms with E-state index in [1.54, 1.807) is 0 Å². The zero-order chi connectivity index (χ0) is 19.6. The molecule has 1 amide bonds. The molecular formula is C15H37NO4Si4. The highest BCUT2D eigenvalue weighted by Crippen LogP contribution is 2.40. The van der Waals surface area contributed by atoms with Crippen molar-refractivity contribution in [1.82, 2.24) is 0 Å². The first-order valence-electron chi connectivity index (χ1n) is 8.51. The smallest absolute Gasteiger partial charge is 0.417 e. The van der Waals surface area contributed by atoms with Gasteiger partial charge in [0.1, 0.15) is 0 Å². The highest BCUT2D eigenvalue weighted by atomic mass is 28.5. The summed E-state index contributed by atoms with van der Waals surface area (Å²) >= 11 is 0. The molecule has 0 saturated heterocycles. The quantitative estimate of drug-likeness (QED) is 0.433. The summed E-state index contributed by atoms with van der Waals surface area (Å²) in [5.74, 6) is -0.503. The van der Waals surface area contributed by atoms with Gasteiger partial charge in [0, 0.05) is 5.57 Å². The summed E-state index contributed by atoms with van der Waals surface area (Å²) in [7, 11) is -9.14. The van der Waals surface area contributed by atoms with E-state index in [1.165, 1.54) is 0 Å². The van der Waals surface area contributed by atoms with Gasteiger partial charge < -0.3 is 18.1 Å². The van der Waals surface area contributed by atoms with Crippen LogP contribution in [-0.2, 0) is 17.1 Å². The monoisotopic (exact) mass is 407 g/mol. The van der Waals surface area contributed by atoms with Crippen LogP contribution in [0.4, 0.5) is 0 Å². The lowest BCUT2D eigenvalue weighted by Crippen LogP contribution is -2.63. The van der Waals surface area contributed by atoms with Crippen molar-refractivity contribution in [1.29, 1.82) is 0 Å². The minimum Gasteiger partial charge on any atom is -0.417 e. The Morgan fingerprint density at radius 2 is 1.17 bits per heavy atom. The van der Waals surface area contributed by atoms with Crippen LogP contribution in [0.1, 0.15) is 13.3 Å². The highest BCUT2D eigenvalue weighted by molar-refractivity contribution is 6.91. The summed E-state index contributed by atoms with van der Waals surface area (Å²) in [4.78, 5) is 11.9. The zero-order valence-corrected chi connectivity index (χ0v) is 21.2. The molecule has 5 nitrogen and oxygen atoms in total. The lowest BCUT2D eigenvalue weighted by molar-refractivity contribution is -0.114. The molecule has 0 bridgehead atoms. The molecule has 0 saturated carbocycles. The Kier molecular flexibility index (Phi) is 8.09. The molecule has 0 aromatic heterocycles. The summed E-state index contributed by atoms with van der Waals surface area (Å²) < 4.78 is 19.9. The Hall–Kier alpha value is -0.0425. The third-order valence-corrected chi connectivity index (χ3v) is 15.3. The van der Waals surface area contributed by atoms with Crippen molar-refractivity contribution in [3.8, 4) is 0 Å². The fraction of sp³-hybridized carbons (Fsp3) is 0.800. The second kappa shape index (κ2) is 8.10. The maximum Gasteiger partial charge on any atom is 0.477 e. The average molecular weight is 408 g/mol. The van der Waals surface area contributed by atoms with Gasteiger partial charge in [-0.2, -0.15) is 0 Å². The molecule has 1 atom stereocenters. The van der Waals surface area contributed by atoms with E-state index in [1.807, 2.05) is 6.92 Å². The SMILES string of the molecule is C=C(C(N)=O)C(CC)[Si](O[Si](C)(C)C)(O[Si](C)(C)C)O[Si](C)(C)C. The van der Waals surface area contributed by atoms with Gasteiger partial charge in [0.2, 0.25) is 5.91 Å². The lowest BCUT2D eigenvalue weighted by Gasteiger charge is -2.46. The molecule has 1 unspecified atom stereocenters. The van der Waals surface area contributed by atoms with Gasteiger partial charge in [-0.3, -0.25) is 4.79 Å². The van der Waals surface area contributed by atoms with Crippen molar-refractivity contribution in [3.63, 3.8) is 0 Å². The van der Waals surface area contributed by atoms with Crippen molar-refractivity contribution >= 4 is 39.7 Å². The van der Waals surface area contributed by atoms with E-state index in [-0.39, 0.29) is 5.54 Å². The van der Waals surface area contributed by atoms with Crippen LogP contribution in [0, 0.1) is 0 Å². The lowest BCUT2D eigenvalue weighted by atomic mass is 10.1. The maximum absolute atomic E-state index is 11.9. The van der Waals surface area contributed by atoms with Crippen molar-refractivity contribution in [2.24, 2.45) is 5.73 Å². The Balaban J connectivity index is 6.31. The Bertz CT molecular complexity index is 423. The normalized spacial score (nSPS) is 15.2. The molecule has 142 valence electrons. The molecule has 0 aliphatic rings. The predicted molar refractivity (Wildman–Crippen MR) is 111 cm³/mol. The third-order valence-electron chi connectivity index (χ3n) is 2.92. The average Bonchev–Trinajstić information content (AvgIpc) is 2.21. The first-order chi connectivity index (χ1) is 10.4. The number of rotatable bonds is 10. The van der Waals surface area contributed by atoms with Crippen molar-refractivity contribution < 1.29 is 17.1 Å².